The van der Waals surface area contributed by atoms with Gasteiger partial charge in [-0.3, -0.25) is 9.48 Å². The van der Waals surface area contributed by atoms with E-state index in [1.165, 1.54) is 44.9 Å². The predicted molar refractivity (Wildman–Crippen MR) is 106 cm³/mol. The van der Waals surface area contributed by atoms with E-state index in [2.05, 4.69) is 5.32 Å². The van der Waals surface area contributed by atoms with Gasteiger partial charge in [0, 0.05) is 26.4 Å². The average molecular weight is 373 g/mol. The van der Waals surface area contributed by atoms with Gasteiger partial charge >= 0.3 is 0 Å². The minimum Gasteiger partial charge on any atom is -0.495 e. The van der Waals surface area contributed by atoms with Crippen molar-refractivity contribution in [3.05, 3.63) is 23.9 Å². The number of rotatable bonds is 7. The van der Waals surface area contributed by atoms with E-state index in [4.69, 9.17) is 14.6 Å². The van der Waals surface area contributed by atoms with Gasteiger partial charge in [0.05, 0.1) is 30.2 Å². The molecule has 1 saturated carbocycles. The maximum Gasteiger partial charge on any atom is 0.255 e. The lowest BCUT2D eigenvalue weighted by molar-refractivity contribution is 0.0934. The molecule has 1 aromatic carbocycles. The Hall–Kier alpha value is -2.08. The second-order valence-corrected chi connectivity index (χ2v) is 7.39. The van der Waals surface area contributed by atoms with Crippen molar-refractivity contribution in [2.75, 3.05) is 27.4 Å². The molecular weight excluding hydrogens is 342 g/mol. The fraction of sp³-hybridized carbons (Fsp3) is 0.619. The van der Waals surface area contributed by atoms with E-state index >= 15 is 0 Å². The molecule has 1 fully saturated rings. The van der Waals surface area contributed by atoms with Crippen molar-refractivity contribution in [1.82, 2.24) is 15.1 Å². The molecule has 0 bridgehead atoms. The number of amides is 1. The molecule has 0 spiro atoms. The zero-order valence-electron chi connectivity index (χ0n) is 16.5. The molecule has 0 unspecified atom stereocenters. The first-order chi connectivity index (χ1) is 13.2. The number of carbonyl (C=O) groups is 1. The summed E-state index contributed by atoms with van der Waals surface area (Å²) in [5.41, 5.74) is 1.40. The fourth-order valence-electron chi connectivity index (χ4n) is 3.96. The summed E-state index contributed by atoms with van der Waals surface area (Å²) in [5.74, 6) is 1.12. The van der Waals surface area contributed by atoms with E-state index < -0.39 is 0 Å². The van der Waals surface area contributed by atoms with Crippen LogP contribution in [0.1, 0.15) is 55.3 Å². The highest BCUT2D eigenvalue weighted by Gasteiger charge is 2.18. The first kappa shape index (κ1) is 19.7. The van der Waals surface area contributed by atoms with Gasteiger partial charge in [0.15, 0.2) is 0 Å². The largest absolute Gasteiger partial charge is 0.495 e. The molecule has 148 valence electrons. The Morgan fingerprint density at radius 3 is 2.63 bits per heavy atom. The van der Waals surface area contributed by atoms with Crippen molar-refractivity contribution >= 4 is 16.8 Å². The molecule has 6 nitrogen and oxygen atoms in total. The zero-order valence-corrected chi connectivity index (χ0v) is 16.5. The molecule has 0 aliphatic heterocycles. The van der Waals surface area contributed by atoms with E-state index in [-0.39, 0.29) is 5.91 Å². The summed E-state index contributed by atoms with van der Waals surface area (Å²) in [7, 11) is 3.22. The highest BCUT2D eigenvalue weighted by atomic mass is 16.5. The monoisotopic (exact) mass is 373 g/mol. The molecule has 6 heteroatoms. The third-order valence-electron chi connectivity index (χ3n) is 5.40. The van der Waals surface area contributed by atoms with Crippen molar-refractivity contribution < 1.29 is 14.3 Å². The number of benzene rings is 1. The molecule has 1 N–H and O–H groups in total. The van der Waals surface area contributed by atoms with Crippen LogP contribution in [0.3, 0.4) is 0 Å². The first-order valence-electron chi connectivity index (χ1n) is 10.0. The lowest BCUT2D eigenvalue weighted by atomic mass is 9.91. The van der Waals surface area contributed by atoms with Gasteiger partial charge in [-0.1, -0.05) is 32.1 Å². The lowest BCUT2D eigenvalue weighted by Crippen LogP contribution is -2.27. The average Bonchev–Trinajstić information content (AvgIpc) is 3.05. The van der Waals surface area contributed by atoms with E-state index in [1.54, 1.807) is 20.3 Å². The van der Waals surface area contributed by atoms with Crippen molar-refractivity contribution in [3.63, 3.8) is 0 Å². The summed E-state index contributed by atoms with van der Waals surface area (Å²) < 4.78 is 12.6. The van der Waals surface area contributed by atoms with Crippen LogP contribution in [-0.2, 0) is 11.3 Å². The van der Waals surface area contributed by atoms with E-state index in [1.807, 2.05) is 16.9 Å². The van der Waals surface area contributed by atoms with Gasteiger partial charge in [-0.05, 0) is 30.9 Å². The number of ether oxygens (including phenoxy) is 2. The summed E-state index contributed by atoms with van der Waals surface area (Å²) in [4.78, 5) is 12.5. The Balaban J connectivity index is 1.78. The topological polar surface area (TPSA) is 65.4 Å². The van der Waals surface area contributed by atoms with Crippen molar-refractivity contribution in [2.45, 2.75) is 51.5 Å². The Kier molecular flexibility index (Phi) is 7.10. The van der Waals surface area contributed by atoms with Crippen molar-refractivity contribution in [1.29, 1.82) is 0 Å². The predicted octanol–water partition coefficient (Wildman–Crippen LogP) is 3.78. The van der Waals surface area contributed by atoms with Gasteiger partial charge in [-0.25, -0.2) is 0 Å². The van der Waals surface area contributed by atoms with Crippen molar-refractivity contribution in [2.24, 2.45) is 5.92 Å². The molecule has 3 rings (SSSR count). The van der Waals surface area contributed by atoms with Gasteiger partial charge in [0.2, 0.25) is 0 Å². The molecule has 0 radical (unpaired) electrons. The maximum atomic E-state index is 12.5. The molecule has 1 aliphatic carbocycles. The molecule has 2 aromatic rings. The smallest absolute Gasteiger partial charge is 0.255 e. The van der Waals surface area contributed by atoms with Gasteiger partial charge in [0.1, 0.15) is 5.75 Å². The fourth-order valence-corrected chi connectivity index (χ4v) is 3.96. The van der Waals surface area contributed by atoms with Crippen LogP contribution in [0.2, 0.25) is 0 Å². The van der Waals surface area contributed by atoms with Crippen LogP contribution >= 0.6 is 0 Å². The molecule has 1 heterocycles. The van der Waals surface area contributed by atoms with Gasteiger partial charge in [-0.15, -0.1) is 0 Å². The maximum absolute atomic E-state index is 12.5. The standard InChI is InChI=1S/C21H31N3O3/c1-26-13-12-22-21(25)17-10-11-19-18(20(17)27-2)15-24(23-19)14-16-8-6-4-3-5-7-9-16/h10-11,15-16H,3-9,12-14H2,1-2H3,(H,22,25). The quantitative estimate of drug-likeness (QED) is 0.750. The van der Waals surface area contributed by atoms with Crippen LogP contribution in [-0.4, -0.2) is 43.1 Å². The molecule has 1 aromatic heterocycles. The second kappa shape index (κ2) is 9.74. The van der Waals surface area contributed by atoms with Crippen LogP contribution in [0.25, 0.3) is 10.9 Å². The number of fused-ring (bicyclic) bond motifs is 1. The number of hydrogen-bond donors (Lipinski definition) is 1. The van der Waals surface area contributed by atoms with Crippen LogP contribution in [0.4, 0.5) is 0 Å². The number of hydrogen-bond acceptors (Lipinski definition) is 4. The minimum atomic E-state index is -0.154. The van der Waals surface area contributed by atoms with E-state index in [0.717, 1.165) is 17.4 Å². The third-order valence-corrected chi connectivity index (χ3v) is 5.40. The van der Waals surface area contributed by atoms with Gasteiger partial charge in [-0.2, -0.15) is 5.10 Å². The lowest BCUT2D eigenvalue weighted by Gasteiger charge is -2.19. The minimum absolute atomic E-state index is 0.154. The summed E-state index contributed by atoms with van der Waals surface area (Å²) >= 11 is 0. The molecule has 27 heavy (non-hydrogen) atoms. The first-order valence-corrected chi connectivity index (χ1v) is 10.0. The van der Waals surface area contributed by atoms with Crippen molar-refractivity contribution in [3.8, 4) is 5.75 Å². The summed E-state index contributed by atoms with van der Waals surface area (Å²) in [6, 6.07) is 3.69. The van der Waals surface area contributed by atoms with Crippen LogP contribution < -0.4 is 10.1 Å². The zero-order chi connectivity index (χ0) is 19.1. The van der Waals surface area contributed by atoms with Crippen LogP contribution in [0.5, 0.6) is 5.75 Å². The normalized spacial score (nSPS) is 16.1. The van der Waals surface area contributed by atoms with Gasteiger partial charge < -0.3 is 14.8 Å². The second-order valence-electron chi connectivity index (χ2n) is 7.39. The summed E-state index contributed by atoms with van der Waals surface area (Å²) in [6.07, 6.45) is 11.3. The highest BCUT2D eigenvalue weighted by molar-refractivity contribution is 6.03. The molecular formula is C21H31N3O3. The van der Waals surface area contributed by atoms with Gasteiger partial charge in [0.25, 0.3) is 5.91 Å². The van der Waals surface area contributed by atoms with Crippen LogP contribution in [0.15, 0.2) is 18.3 Å². The molecule has 0 saturated heterocycles. The number of methoxy groups -OCH3 is 2. The third kappa shape index (κ3) is 5.01. The Morgan fingerprint density at radius 2 is 1.93 bits per heavy atom. The number of nitrogens with zero attached hydrogens (tertiary/aromatic N) is 2. The number of carbonyl (C=O) groups excluding carboxylic acids is 1. The van der Waals surface area contributed by atoms with Crippen LogP contribution in [0, 0.1) is 5.92 Å². The number of nitrogens with one attached hydrogen (secondary N) is 1. The summed E-state index contributed by atoms with van der Waals surface area (Å²) in [5, 5.41) is 8.48. The highest BCUT2D eigenvalue weighted by Crippen LogP contribution is 2.30. The Bertz CT molecular complexity index is 748. The SMILES string of the molecule is COCCNC(=O)c1ccc2nn(CC3CCCCCCC3)cc2c1OC. The molecule has 1 aliphatic rings. The van der Waals surface area contributed by atoms with E-state index in [0.29, 0.717) is 30.4 Å². The summed E-state index contributed by atoms with van der Waals surface area (Å²) in [6.45, 7) is 1.89. The Labute approximate surface area is 161 Å². The molecule has 1 amide bonds. The van der Waals surface area contributed by atoms with E-state index in [9.17, 15) is 4.79 Å². The molecule has 0 atom stereocenters. The Morgan fingerprint density at radius 1 is 1.19 bits per heavy atom. The number of aromatic nitrogens is 2.